The topological polar surface area (TPSA) is 41.5 Å². The zero-order valence-electron chi connectivity index (χ0n) is 4.29. The van der Waals surface area contributed by atoms with E-state index in [1.165, 1.54) is 0 Å². The van der Waals surface area contributed by atoms with Crippen molar-refractivity contribution in [3.05, 3.63) is 24.1 Å². The Morgan fingerprint density at radius 1 is 1.75 bits per heavy atom. The lowest BCUT2D eigenvalue weighted by Gasteiger charge is -2.06. The summed E-state index contributed by atoms with van der Waals surface area (Å²) in [5.74, 6) is 0. The van der Waals surface area contributed by atoms with Crippen molar-refractivity contribution in [3.63, 3.8) is 0 Å². The summed E-state index contributed by atoms with van der Waals surface area (Å²) < 4.78 is 4.80. The predicted molar refractivity (Wildman–Crippen MR) is 28.1 cm³/mol. The number of hydroxylamine groups is 1. The lowest BCUT2D eigenvalue weighted by Crippen LogP contribution is -2.12. The van der Waals surface area contributed by atoms with Crippen molar-refractivity contribution in [2.24, 2.45) is 0 Å². The minimum Gasteiger partial charge on any atom is -0.495 e. The second kappa shape index (κ2) is 2.37. The van der Waals surface area contributed by atoms with E-state index < -0.39 is 0 Å². The number of nitrogens with one attached hydrogen (secondary N) is 1. The van der Waals surface area contributed by atoms with Crippen LogP contribution in [0.2, 0.25) is 0 Å². The summed E-state index contributed by atoms with van der Waals surface area (Å²) in [6.07, 6.45) is 5.02. The molecule has 0 saturated carbocycles. The van der Waals surface area contributed by atoms with Crippen molar-refractivity contribution in [1.82, 2.24) is 5.48 Å². The summed E-state index contributed by atoms with van der Waals surface area (Å²) in [6.45, 7) is 0.424. The minimum atomic E-state index is 0.424. The van der Waals surface area contributed by atoms with Crippen LogP contribution in [0, 0.1) is 0 Å². The van der Waals surface area contributed by atoms with Crippen LogP contribution in [0.5, 0.6) is 0 Å². The molecule has 0 unspecified atom stereocenters. The van der Waals surface area contributed by atoms with Gasteiger partial charge in [-0.2, -0.15) is 0 Å². The molecule has 3 nitrogen and oxygen atoms in total. The predicted octanol–water partition coefficient (Wildman–Crippen LogP) is 0.393. The molecule has 0 aromatic heterocycles. The maximum atomic E-state index is 8.26. The molecule has 0 spiro atoms. The van der Waals surface area contributed by atoms with Crippen molar-refractivity contribution in [3.8, 4) is 0 Å². The van der Waals surface area contributed by atoms with Crippen molar-refractivity contribution in [1.29, 1.82) is 0 Å². The molecule has 1 heterocycles. The largest absolute Gasteiger partial charge is 0.495 e. The van der Waals surface area contributed by atoms with Crippen LogP contribution in [0.4, 0.5) is 0 Å². The van der Waals surface area contributed by atoms with E-state index in [1.54, 1.807) is 18.4 Å². The highest BCUT2D eigenvalue weighted by Crippen LogP contribution is 1.96. The highest BCUT2D eigenvalue weighted by molar-refractivity contribution is 5.11. The Bertz CT molecular complexity index is 128. The summed E-state index contributed by atoms with van der Waals surface area (Å²) in [5.41, 5.74) is 2.66. The van der Waals surface area contributed by atoms with Crippen molar-refractivity contribution >= 4 is 0 Å². The van der Waals surface area contributed by atoms with Crippen LogP contribution < -0.4 is 5.48 Å². The maximum absolute atomic E-state index is 8.26. The van der Waals surface area contributed by atoms with Gasteiger partial charge in [0, 0.05) is 0 Å². The van der Waals surface area contributed by atoms with Gasteiger partial charge < -0.3 is 4.74 Å². The zero-order valence-corrected chi connectivity index (χ0v) is 4.29. The molecule has 0 aromatic rings. The third-order valence-electron chi connectivity index (χ3n) is 0.855. The van der Waals surface area contributed by atoms with E-state index in [2.05, 4.69) is 0 Å². The van der Waals surface area contributed by atoms with Gasteiger partial charge in [-0.1, -0.05) is 0 Å². The molecule has 0 amide bonds. The van der Waals surface area contributed by atoms with Crippen LogP contribution in [0.15, 0.2) is 24.1 Å². The van der Waals surface area contributed by atoms with Crippen LogP contribution in [-0.4, -0.2) is 11.8 Å². The first kappa shape index (κ1) is 5.18. The van der Waals surface area contributed by atoms with Gasteiger partial charge in [0.1, 0.15) is 6.61 Å². The quantitative estimate of drug-likeness (QED) is 0.483. The van der Waals surface area contributed by atoms with Gasteiger partial charge in [-0.25, -0.2) is 0 Å². The van der Waals surface area contributed by atoms with Crippen molar-refractivity contribution < 1.29 is 9.94 Å². The Balaban J connectivity index is 2.50. The Kier molecular flexibility index (Phi) is 1.54. The smallest absolute Gasteiger partial charge is 0.129 e. The Morgan fingerprint density at radius 3 is 3.00 bits per heavy atom. The average molecular weight is 113 g/mol. The molecular weight excluding hydrogens is 106 g/mol. The molecule has 0 atom stereocenters. The fourth-order valence-corrected chi connectivity index (χ4v) is 0.467. The standard InChI is InChI=1S/C5H7NO2/c7-6-5-2-1-3-8-4-5/h1-3,6-7H,4H2. The first-order valence-corrected chi connectivity index (χ1v) is 2.31. The van der Waals surface area contributed by atoms with Crippen LogP contribution >= 0.6 is 0 Å². The summed E-state index contributed by atoms with van der Waals surface area (Å²) in [4.78, 5) is 0. The summed E-state index contributed by atoms with van der Waals surface area (Å²) in [7, 11) is 0. The Labute approximate surface area is 47.2 Å². The second-order valence-electron chi connectivity index (χ2n) is 1.44. The Hall–Kier alpha value is -0.960. The molecule has 1 aliphatic heterocycles. The first-order valence-electron chi connectivity index (χ1n) is 2.31. The number of hydrogen-bond acceptors (Lipinski definition) is 3. The van der Waals surface area contributed by atoms with E-state index in [4.69, 9.17) is 9.94 Å². The SMILES string of the molecule is ONC1=CC=COC1. The van der Waals surface area contributed by atoms with E-state index >= 15 is 0 Å². The fraction of sp³-hybridized carbons (Fsp3) is 0.200. The van der Waals surface area contributed by atoms with Gasteiger partial charge in [0.2, 0.25) is 0 Å². The highest BCUT2D eigenvalue weighted by Gasteiger charge is 1.94. The average Bonchev–Trinajstić information content (AvgIpc) is 1.90. The minimum absolute atomic E-state index is 0.424. The van der Waals surface area contributed by atoms with E-state index in [1.807, 2.05) is 5.48 Å². The summed E-state index contributed by atoms with van der Waals surface area (Å²) in [5, 5.41) is 8.26. The monoisotopic (exact) mass is 113 g/mol. The Morgan fingerprint density at radius 2 is 2.62 bits per heavy atom. The number of hydrogen-bond donors (Lipinski definition) is 2. The number of ether oxygens (including phenoxy) is 1. The van der Waals surface area contributed by atoms with Crippen molar-refractivity contribution in [2.45, 2.75) is 0 Å². The molecule has 0 aromatic carbocycles. The van der Waals surface area contributed by atoms with E-state index in [-0.39, 0.29) is 0 Å². The molecule has 0 radical (unpaired) electrons. The molecule has 2 N–H and O–H groups in total. The van der Waals surface area contributed by atoms with Gasteiger partial charge in [-0.3, -0.25) is 10.7 Å². The molecule has 3 heteroatoms. The third kappa shape index (κ3) is 1.01. The van der Waals surface area contributed by atoms with Crippen LogP contribution in [0.25, 0.3) is 0 Å². The van der Waals surface area contributed by atoms with Gasteiger partial charge in [-0.15, -0.1) is 0 Å². The van der Waals surface area contributed by atoms with Gasteiger partial charge >= 0.3 is 0 Å². The number of rotatable bonds is 1. The first-order chi connectivity index (χ1) is 3.93. The lowest BCUT2D eigenvalue weighted by molar-refractivity contribution is 0.167. The fourth-order valence-electron chi connectivity index (χ4n) is 0.467. The second-order valence-corrected chi connectivity index (χ2v) is 1.44. The van der Waals surface area contributed by atoms with Gasteiger partial charge in [-0.05, 0) is 12.2 Å². The van der Waals surface area contributed by atoms with E-state index in [9.17, 15) is 0 Å². The molecule has 1 rings (SSSR count). The maximum Gasteiger partial charge on any atom is 0.129 e. The normalized spacial score (nSPS) is 16.9. The van der Waals surface area contributed by atoms with Crippen LogP contribution in [0.3, 0.4) is 0 Å². The van der Waals surface area contributed by atoms with Crippen LogP contribution in [-0.2, 0) is 4.74 Å². The zero-order chi connectivity index (χ0) is 5.82. The van der Waals surface area contributed by atoms with Gasteiger partial charge in [0.15, 0.2) is 0 Å². The molecule has 0 saturated heterocycles. The van der Waals surface area contributed by atoms with E-state index in [0.717, 1.165) is 0 Å². The molecule has 1 aliphatic rings. The van der Waals surface area contributed by atoms with E-state index in [0.29, 0.717) is 12.3 Å². The van der Waals surface area contributed by atoms with Gasteiger partial charge in [0.25, 0.3) is 0 Å². The third-order valence-corrected chi connectivity index (χ3v) is 0.855. The molecule has 0 fully saturated rings. The van der Waals surface area contributed by atoms with Crippen molar-refractivity contribution in [2.75, 3.05) is 6.61 Å². The lowest BCUT2D eigenvalue weighted by atomic mass is 10.4. The molecule has 8 heavy (non-hydrogen) atoms. The number of allylic oxidation sites excluding steroid dienone is 2. The summed E-state index contributed by atoms with van der Waals surface area (Å²) >= 11 is 0. The molecule has 0 bridgehead atoms. The molecule has 0 aliphatic carbocycles. The summed E-state index contributed by atoms with van der Waals surface area (Å²) in [6, 6.07) is 0. The molecular formula is C5H7NO2. The highest BCUT2D eigenvalue weighted by atomic mass is 16.5. The van der Waals surface area contributed by atoms with Gasteiger partial charge in [0.05, 0.1) is 12.0 Å². The molecule has 44 valence electrons. The van der Waals surface area contributed by atoms with Crippen LogP contribution in [0.1, 0.15) is 0 Å².